The van der Waals surface area contributed by atoms with E-state index in [0.29, 0.717) is 24.3 Å². The van der Waals surface area contributed by atoms with E-state index in [4.69, 9.17) is 11.5 Å². The van der Waals surface area contributed by atoms with Gasteiger partial charge < -0.3 is 11.5 Å². The smallest absolute Gasteiger partial charge is 0.261 e. The zero-order valence-electron chi connectivity index (χ0n) is 7.92. The highest BCUT2D eigenvalue weighted by Gasteiger charge is 2.27. The van der Waals surface area contributed by atoms with E-state index in [0.717, 1.165) is 6.42 Å². The molecule has 0 bridgehead atoms. The number of allylic oxidation sites excluding steroid dienone is 2. The Morgan fingerprint density at radius 1 is 1.50 bits per heavy atom. The molecule has 0 aromatic rings. The summed E-state index contributed by atoms with van der Waals surface area (Å²) in [7, 11) is 0. The number of alkyl halides is 2. The lowest BCUT2D eigenvalue weighted by Crippen LogP contribution is -2.35. The van der Waals surface area contributed by atoms with Crippen LogP contribution in [0.25, 0.3) is 0 Å². The maximum Gasteiger partial charge on any atom is 0.261 e. The molecule has 2 unspecified atom stereocenters. The molecule has 0 aliphatic heterocycles. The predicted octanol–water partition coefficient (Wildman–Crippen LogP) is 1.52. The van der Waals surface area contributed by atoms with Crippen molar-refractivity contribution in [3.05, 3.63) is 11.3 Å². The molecule has 0 saturated carbocycles. The number of hydrogen-bond acceptors (Lipinski definition) is 3. The van der Waals surface area contributed by atoms with Gasteiger partial charge in [0.15, 0.2) is 0 Å². The van der Waals surface area contributed by atoms with Crippen molar-refractivity contribution in [2.24, 2.45) is 17.4 Å². The largest absolute Gasteiger partial charge is 0.402 e. The number of nitrogens with two attached hydrogens (primary N) is 2. The van der Waals surface area contributed by atoms with E-state index in [1.807, 2.05) is 0 Å². The molecule has 1 aliphatic carbocycles. The summed E-state index contributed by atoms with van der Waals surface area (Å²) >= 11 is 4.07. The Kier molecular flexibility index (Phi) is 4.19. The summed E-state index contributed by atoms with van der Waals surface area (Å²) < 4.78 is 25.0. The lowest BCUT2D eigenvalue weighted by atomic mass is 9.83. The van der Waals surface area contributed by atoms with Crippen LogP contribution in [0.15, 0.2) is 11.3 Å². The first-order chi connectivity index (χ1) is 6.56. The first kappa shape index (κ1) is 11.8. The minimum atomic E-state index is -2.44. The average Bonchev–Trinajstić information content (AvgIpc) is 2.17. The fraction of sp³-hybridized carbons (Fsp3) is 0.778. The molecule has 0 aromatic heterocycles. The monoisotopic (exact) mass is 222 g/mol. The molecule has 5 heteroatoms. The van der Waals surface area contributed by atoms with Gasteiger partial charge >= 0.3 is 0 Å². The van der Waals surface area contributed by atoms with Gasteiger partial charge in [0.2, 0.25) is 0 Å². The maximum absolute atomic E-state index is 12.5. The third-order valence-corrected chi connectivity index (χ3v) is 3.18. The Balaban J connectivity index is 2.67. The van der Waals surface area contributed by atoms with E-state index in [1.54, 1.807) is 0 Å². The predicted molar refractivity (Wildman–Crippen MR) is 56.4 cm³/mol. The summed E-state index contributed by atoms with van der Waals surface area (Å²) in [6.07, 6.45) is -0.786. The molecule has 0 heterocycles. The SMILES string of the molecule is NC1=C(C(F)F)CC(C(N)CS)CC1. The average molecular weight is 222 g/mol. The first-order valence-corrected chi connectivity index (χ1v) is 5.31. The zero-order valence-corrected chi connectivity index (χ0v) is 8.81. The number of rotatable bonds is 3. The first-order valence-electron chi connectivity index (χ1n) is 4.68. The van der Waals surface area contributed by atoms with Crippen molar-refractivity contribution in [3.63, 3.8) is 0 Å². The zero-order chi connectivity index (χ0) is 10.7. The molecule has 2 atom stereocenters. The van der Waals surface area contributed by atoms with Crippen LogP contribution in [0.4, 0.5) is 8.78 Å². The van der Waals surface area contributed by atoms with Gasteiger partial charge in [0, 0.05) is 23.1 Å². The molecule has 14 heavy (non-hydrogen) atoms. The van der Waals surface area contributed by atoms with Crippen molar-refractivity contribution < 1.29 is 8.78 Å². The van der Waals surface area contributed by atoms with Crippen molar-refractivity contribution >= 4 is 12.6 Å². The van der Waals surface area contributed by atoms with Crippen molar-refractivity contribution in [1.82, 2.24) is 0 Å². The normalized spacial score (nSPS) is 25.6. The molecule has 82 valence electrons. The van der Waals surface area contributed by atoms with Gasteiger partial charge in [-0.3, -0.25) is 0 Å². The van der Waals surface area contributed by atoms with Crippen LogP contribution >= 0.6 is 12.6 Å². The van der Waals surface area contributed by atoms with Gasteiger partial charge in [-0.2, -0.15) is 12.6 Å². The summed E-state index contributed by atoms with van der Waals surface area (Å²) in [5.41, 5.74) is 11.7. The summed E-state index contributed by atoms with van der Waals surface area (Å²) in [5, 5.41) is 0. The third kappa shape index (κ3) is 2.60. The highest BCUT2D eigenvalue weighted by Crippen LogP contribution is 2.32. The summed E-state index contributed by atoms with van der Waals surface area (Å²) in [6.45, 7) is 0. The van der Waals surface area contributed by atoms with Crippen LogP contribution in [0.5, 0.6) is 0 Å². The molecule has 0 radical (unpaired) electrons. The van der Waals surface area contributed by atoms with Gasteiger partial charge in [0.05, 0.1) is 0 Å². The number of thiol groups is 1. The topological polar surface area (TPSA) is 52.0 Å². The maximum atomic E-state index is 12.5. The molecule has 0 amide bonds. The standard InChI is InChI=1S/C9H16F2N2S/c10-9(11)6-3-5(8(13)4-14)1-2-7(6)12/h5,8-9,14H,1-4,12-13H2. The Morgan fingerprint density at radius 2 is 2.14 bits per heavy atom. The minimum Gasteiger partial charge on any atom is -0.402 e. The van der Waals surface area contributed by atoms with Gasteiger partial charge in [0.1, 0.15) is 0 Å². The molecule has 1 rings (SSSR count). The van der Waals surface area contributed by atoms with Gasteiger partial charge in [-0.25, -0.2) is 8.78 Å². The van der Waals surface area contributed by atoms with E-state index in [2.05, 4.69) is 12.6 Å². The molecular weight excluding hydrogens is 206 g/mol. The van der Waals surface area contributed by atoms with Crippen LogP contribution in [-0.2, 0) is 0 Å². The van der Waals surface area contributed by atoms with E-state index in [-0.39, 0.29) is 17.5 Å². The minimum absolute atomic E-state index is 0.0819. The van der Waals surface area contributed by atoms with Crippen LogP contribution in [0, 0.1) is 5.92 Å². The van der Waals surface area contributed by atoms with E-state index in [1.165, 1.54) is 0 Å². The quantitative estimate of drug-likeness (QED) is 0.634. The Hall–Kier alpha value is -0.290. The van der Waals surface area contributed by atoms with Gasteiger partial charge in [-0.15, -0.1) is 0 Å². The molecular formula is C9H16F2N2S. The lowest BCUT2D eigenvalue weighted by molar-refractivity contribution is 0.172. The van der Waals surface area contributed by atoms with Gasteiger partial charge in [-0.05, 0) is 25.2 Å². The van der Waals surface area contributed by atoms with Crippen molar-refractivity contribution in [2.75, 3.05) is 5.75 Å². The molecule has 0 spiro atoms. The van der Waals surface area contributed by atoms with Gasteiger partial charge in [-0.1, -0.05) is 0 Å². The van der Waals surface area contributed by atoms with Gasteiger partial charge in [0.25, 0.3) is 6.43 Å². The van der Waals surface area contributed by atoms with Crippen LogP contribution in [0.3, 0.4) is 0 Å². The molecule has 0 aromatic carbocycles. The second-order valence-electron chi connectivity index (χ2n) is 3.70. The van der Waals surface area contributed by atoms with Crippen LogP contribution in [-0.4, -0.2) is 18.2 Å². The summed E-state index contributed by atoms with van der Waals surface area (Å²) in [4.78, 5) is 0. The van der Waals surface area contributed by atoms with Crippen molar-refractivity contribution in [2.45, 2.75) is 31.7 Å². The fourth-order valence-corrected chi connectivity index (χ4v) is 2.06. The van der Waals surface area contributed by atoms with Crippen LogP contribution in [0.1, 0.15) is 19.3 Å². The van der Waals surface area contributed by atoms with Crippen LogP contribution < -0.4 is 11.5 Å². The molecule has 2 nitrogen and oxygen atoms in total. The number of hydrogen-bond donors (Lipinski definition) is 3. The second-order valence-corrected chi connectivity index (χ2v) is 4.07. The lowest BCUT2D eigenvalue weighted by Gasteiger charge is -2.28. The Bertz CT molecular complexity index is 231. The summed E-state index contributed by atoms with van der Waals surface area (Å²) in [6, 6.07) is -0.111. The Morgan fingerprint density at radius 3 is 2.64 bits per heavy atom. The van der Waals surface area contributed by atoms with E-state index < -0.39 is 6.43 Å². The second kappa shape index (κ2) is 4.98. The van der Waals surface area contributed by atoms with Crippen molar-refractivity contribution in [1.29, 1.82) is 0 Å². The highest BCUT2D eigenvalue weighted by molar-refractivity contribution is 7.80. The molecule has 4 N–H and O–H groups in total. The Labute approximate surface area is 88.1 Å². The van der Waals surface area contributed by atoms with Crippen LogP contribution in [0.2, 0.25) is 0 Å². The summed E-state index contributed by atoms with van der Waals surface area (Å²) in [5.74, 6) is 0.630. The van der Waals surface area contributed by atoms with E-state index in [9.17, 15) is 8.78 Å². The van der Waals surface area contributed by atoms with Crippen molar-refractivity contribution in [3.8, 4) is 0 Å². The molecule has 0 saturated heterocycles. The molecule has 1 aliphatic rings. The highest BCUT2D eigenvalue weighted by atomic mass is 32.1. The fourth-order valence-electron chi connectivity index (χ4n) is 1.76. The van der Waals surface area contributed by atoms with E-state index >= 15 is 0 Å². The number of halogens is 2. The third-order valence-electron chi connectivity index (χ3n) is 2.76. The molecule has 0 fully saturated rings.